The number of alkyl halides is 3. The van der Waals surface area contributed by atoms with Crippen LogP contribution < -0.4 is 4.74 Å². The Bertz CT molecular complexity index is 935. The van der Waals surface area contributed by atoms with Gasteiger partial charge in [-0.2, -0.15) is 18.4 Å². The van der Waals surface area contributed by atoms with Crippen LogP contribution in [-0.2, 0) is 17.5 Å². The molecule has 3 heterocycles. The Morgan fingerprint density at radius 1 is 1.23 bits per heavy atom. The number of rotatable bonds is 1. The summed E-state index contributed by atoms with van der Waals surface area (Å²) in [6, 6.07) is 6.20. The normalized spacial score (nSPS) is 33.8. The van der Waals surface area contributed by atoms with Gasteiger partial charge < -0.3 is 14.5 Å². The minimum atomic E-state index is -4.42. The number of nitriles is 1. The van der Waals surface area contributed by atoms with E-state index in [1.54, 1.807) is 4.90 Å². The van der Waals surface area contributed by atoms with Gasteiger partial charge in [0.15, 0.2) is 6.23 Å². The molecule has 0 bridgehead atoms. The molecular formula is C23H26F3N3O2. The number of nitrogens with zero attached hydrogens (tertiary/aromatic N) is 3. The number of carbonyl (C=O) groups is 1. The SMILES string of the molecule is CC1C2Oc3ccc(C(F)(F)F)cc3CN2C(=O)[C@]12CC[C@@H](N1CCC(C#N)CC1)C2. The third-order valence-corrected chi connectivity index (χ3v) is 8.02. The number of carbonyl (C=O) groups excluding carboxylic acids is 1. The average Bonchev–Trinajstić information content (AvgIpc) is 3.29. The molecule has 4 atom stereocenters. The largest absolute Gasteiger partial charge is 0.470 e. The minimum absolute atomic E-state index is 0.0162. The Morgan fingerprint density at radius 3 is 2.65 bits per heavy atom. The molecule has 5 rings (SSSR count). The van der Waals surface area contributed by atoms with Gasteiger partial charge in [-0.05, 0) is 63.4 Å². The van der Waals surface area contributed by atoms with Crippen molar-refractivity contribution < 1.29 is 22.7 Å². The van der Waals surface area contributed by atoms with Crippen molar-refractivity contribution in [1.82, 2.24) is 9.80 Å². The lowest BCUT2D eigenvalue weighted by Gasteiger charge is -2.35. The number of likely N-dealkylation sites (tertiary alicyclic amines) is 1. The number of fused-ring (bicyclic) bond motifs is 2. The maximum absolute atomic E-state index is 13.6. The zero-order valence-electron chi connectivity index (χ0n) is 17.5. The highest BCUT2D eigenvalue weighted by Gasteiger charge is 2.62. The van der Waals surface area contributed by atoms with Gasteiger partial charge in [0.25, 0.3) is 0 Å². The van der Waals surface area contributed by atoms with Crippen molar-refractivity contribution >= 4 is 5.91 Å². The van der Waals surface area contributed by atoms with Gasteiger partial charge in [0.2, 0.25) is 5.91 Å². The molecule has 1 aliphatic carbocycles. The molecule has 8 heteroatoms. The van der Waals surface area contributed by atoms with E-state index in [9.17, 15) is 18.0 Å². The Kier molecular flexibility index (Phi) is 4.74. The zero-order valence-corrected chi connectivity index (χ0v) is 17.5. The van der Waals surface area contributed by atoms with Crippen LogP contribution in [0.25, 0.3) is 0 Å². The van der Waals surface area contributed by atoms with Crippen molar-refractivity contribution in [2.45, 2.75) is 64.0 Å². The van der Waals surface area contributed by atoms with Gasteiger partial charge in [-0.1, -0.05) is 6.92 Å². The lowest BCUT2D eigenvalue weighted by Crippen LogP contribution is -2.42. The van der Waals surface area contributed by atoms with Gasteiger partial charge in [0.05, 0.1) is 23.6 Å². The maximum atomic E-state index is 13.6. The van der Waals surface area contributed by atoms with Crippen LogP contribution in [0, 0.1) is 28.6 Å². The van der Waals surface area contributed by atoms with Gasteiger partial charge in [-0.15, -0.1) is 0 Å². The molecule has 2 unspecified atom stereocenters. The first-order valence-corrected chi connectivity index (χ1v) is 11.0. The van der Waals surface area contributed by atoms with Crippen molar-refractivity contribution in [2.24, 2.45) is 17.3 Å². The number of ether oxygens (including phenoxy) is 1. The standard InChI is InChI=1S/C23H26F3N3O2/c1-14-20-29(13-16-10-17(23(24,25)26)2-3-19(16)31-20)21(30)22(14)7-4-18(11-22)28-8-5-15(12-27)6-9-28/h2-3,10,14-15,18,20H,4-9,11,13H2,1H3/t14?,18-,20?,22+/m1/s1. The highest BCUT2D eigenvalue weighted by molar-refractivity contribution is 5.86. The van der Waals surface area contributed by atoms with E-state index in [1.807, 2.05) is 6.92 Å². The number of benzene rings is 1. The molecule has 0 radical (unpaired) electrons. The molecule has 0 aromatic heterocycles. The average molecular weight is 433 g/mol. The zero-order chi connectivity index (χ0) is 22.0. The summed E-state index contributed by atoms with van der Waals surface area (Å²) < 4.78 is 45.5. The van der Waals surface area contributed by atoms with Crippen LogP contribution in [0.2, 0.25) is 0 Å². The Balaban J connectivity index is 1.35. The molecular weight excluding hydrogens is 407 g/mol. The Hall–Kier alpha value is -2.27. The lowest BCUT2D eigenvalue weighted by molar-refractivity contribution is -0.140. The number of hydrogen-bond acceptors (Lipinski definition) is 4. The number of piperidine rings is 1. The molecule has 2 saturated heterocycles. The quantitative estimate of drug-likeness (QED) is 0.667. The first-order valence-electron chi connectivity index (χ1n) is 11.0. The highest BCUT2D eigenvalue weighted by atomic mass is 19.4. The number of hydrogen-bond donors (Lipinski definition) is 0. The fourth-order valence-corrected chi connectivity index (χ4v) is 6.14. The molecule has 3 aliphatic heterocycles. The molecule has 1 spiro atoms. The Morgan fingerprint density at radius 2 is 1.97 bits per heavy atom. The van der Waals surface area contributed by atoms with Crippen LogP contribution in [0.4, 0.5) is 13.2 Å². The third kappa shape index (κ3) is 3.20. The van der Waals surface area contributed by atoms with E-state index in [4.69, 9.17) is 10.00 Å². The number of amides is 1. The van der Waals surface area contributed by atoms with Gasteiger partial charge in [0.1, 0.15) is 5.75 Å². The molecule has 1 saturated carbocycles. The predicted molar refractivity (Wildman–Crippen MR) is 106 cm³/mol. The van der Waals surface area contributed by atoms with Crippen molar-refractivity contribution in [3.8, 4) is 11.8 Å². The summed E-state index contributed by atoms with van der Waals surface area (Å²) in [6.07, 6.45) is -0.649. The van der Waals surface area contributed by atoms with Crippen molar-refractivity contribution in [1.29, 1.82) is 5.26 Å². The highest BCUT2D eigenvalue weighted by Crippen LogP contribution is 2.55. The summed E-state index contributed by atoms with van der Waals surface area (Å²) >= 11 is 0. The topological polar surface area (TPSA) is 56.6 Å². The van der Waals surface area contributed by atoms with Crippen molar-refractivity contribution in [3.05, 3.63) is 29.3 Å². The monoisotopic (exact) mass is 433 g/mol. The smallest absolute Gasteiger partial charge is 0.416 e. The third-order valence-electron chi connectivity index (χ3n) is 8.02. The van der Waals surface area contributed by atoms with E-state index < -0.39 is 23.4 Å². The molecule has 1 aromatic rings. The first kappa shape index (κ1) is 20.6. The van der Waals surface area contributed by atoms with Crippen molar-refractivity contribution in [3.63, 3.8) is 0 Å². The van der Waals surface area contributed by atoms with E-state index in [2.05, 4.69) is 11.0 Å². The fraction of sp³-hybridized carbons (Fsp3) is 0.652. The molecule has 1 aromatic carbocycles. The van der Waals surface area contributed by atoms with Crippen LogP contribution in [-0.4, -0.2) is 41.1 Å². The van der Waals surface area contributed by atoms with Crippen LogP contribution in [0.5, 0.6) is 5.75 Å². The van der Waals surface area contributed by atoms with Crippen LogP contribution in [0.15, 0.2) is 18.2 Å². The summed E-state index contributed by atoms with van der Waals surface area (Å²) in [5, 5.41) is 9.14. The van der Waals surface area contributed by atoms with Crippen LogP contribution in [0.3, 0.4) is 0 Å². The summed E-state index contributed by atoms with van der Waals surface area (Å²) in [4.78, 5) is 17.6. The predicted octanol–water partition coefficient (Wildman–Crippen LogP) is 4.18. The second kappa shape index (κ2) is 7.13. The first-order chi connectivity index (χ1) is 14.7. The van der Waals surface area contributed by atoms with E-state index in [-0.39, 0.29) is 24.3 Å². The summed E-state index contributed by atoms with van der Waals surface area (Å²) in [7, 11) is 0. The van der Waals surface area contributed by atoms with Gasteiger partial charge in [-0.25, -0.2) is 0 Å². The molecule has 31 heavy (non-hydrogen) atoms. The molecule has 3 fully saturated rings. The molecule has 166 valence electrons. The summed E-state index contributed by atoms with van der Waals surface area (Å²) in [6.45, 7) is 3.97. The summed E-state index contributed by atoms with van der Waals surface area (Å²) in [5.41, 5.74) is -0.822. The molecule has 4 aliphatic rings. The minimum Gasteiger partial charge on any atom is -0.470 e. The summed E-state index contributed by atoms with van der Waals surface area (Å²) in [5.74, 6) is 0.555. The second-order valence-electron chi connectivity index (χ2n) is 9.54. The van der Waals surface area contributed by atoms with Gasteiger partial charge >= 0.3 is 6.18 Å². The van der Waals surface area contributed by atoms with Gasteiger partial charge in [-0.3, -0.25) is 4.79 Å². The van der Waals surface area contributed by atoms with Crippen molar-refractivity contribution in [2.75, 3.05) is 13.1 Å². The van der Waals surface area contributed by atoms with E-state index >= 15 is 0 Å². The van der Waals surface area contributed by atoms with E-state index in [0.717, 1.165) is 57.3 Å². The molecule has 5 nitrogen and oxygen atoms in total. The maximum Gasteiger partial charge on any atom is 0.416 e. The fourth-order valence-electron chi connectivity index (χ4n) is 6.14. The van der Waals surface area contributed by atoms with Crippen LogP contribution >= 0.6 is 0 Å². The van der Waals surface area contributed by atoms with Crippen LogP contribution in [0.1, 0.15) is 50.2 Å². The second-order valence-corrected chi connectivity index (χ2v) is 9.54. The molecule has 0 N–H and O–H groups in total. The van der Waals surface area contributed by atoms with Gasteiger partial charge in [0, 0.05) is 23.4 Å². The van der Waals surface area contributed by atoms with E-state index in [1.165, 1.54) is 6.07 Å². The number of halogens is 3. The lowest BCUT2D eigenvalue weighted by atomic mass is 9.76. The molecule has 1 amide bonds. The Labute approximate surface area is 179 Å². The van der Waals surface area contributed by atoms with E-state index in [0.29, 0.717) is 17.4 Å².